The first-order valence-electron chi connectivity index (χ1n) is 14.3. The molecular weight excluding hydrogens is 512 g/mol. The van der Waals surface area contributed by atoms with Crippen LogP contribution in [-0.2, 0) is 30.3 Å². The van der Waals surface area contributed by atoms with Crippen molar-refractivity contribution < 1.29 is 28.7 Å². The second-order valence-corrected chi connectivity index (χ2v) is 10.4. The molecule has 1 aliphatic rings. The number of nitrogens with one attached hydrogen (secondary N) is 3. The largest absolute Gasteiger partial charge is 0.426 e. The average Bonchev–Trinajstić information content (AvgIpc) is 2.92. The number of unbranched alkanes of at least 4 members (excludes halogenated alkanes) is 2. The van der Waals surface area contributed by atoms with E-state index in [-0.39, 0.29) is 36.7 Å². The Balaban J connectivity index is 2.10. The Morgan fingerprint density at radius 3 is 2.30 bits per heavy atom. The molecule has 0 aromatic heterocycles. The number of rotatable bonds is 16. The lowest BCUT2D eigenvalue weighted by molar-refractivity contribution is -0.136. The Morgan fingerprint density at radius 1 is 1.02 bits per heavy atom. The van der Waals surface area contributed by atoms with Gasteiger partial charge in [-0.1, -0.05) is 58.7 Å². The molecule has 0 saturated carbocycles. The van der Waals surface area contributed by atoms with E-state index in [0.717, 1.165) is 24.8 Å². The maximum absolute atomic E-state index is 13.4. The van der Waals surface area contributed by atoms with Crippen LogP contribution in [-0.4, -0.2) is 73.5 Å². The lowest BCUT2D eigenvalue weighted by Gasteiger charge is -2.26. The summed E-state index contributed by atoms with van der Waals surface area (Å²) in [4.78, 5) is 53.2. The summed E-state index contributed by atoms with van der Waals surface area (Å²) in [6, 6.07) is 5.22. The third kappa shape index (κ3) is 11.9. The lowest BCUT2D eigenvalue weighted by atomic mass is 9.97. The summed E-state index contributed by atoms with van der Waals surface area (Å²) >= 11 is 0. The molecule has 3 atom stereocenters. The zero-order valence-corrected chi connectivity index (χ0v) is 24.4. The van der Waals surface area contributed by atoms with Crippen molar-refractivity contribution >= 4 is 23.7 Å². The van der Waals surface area contributed by atoms with Gasteiger partial charge in [-0.05, 0) is 37.0 Å². The van der Waals surface area contributed by atoms with Gasteiger partial charge in [0.2, 0.25) is 17.7 Å². The second kappa shape index (κ2) is 17.5. The van der Waals surface area contributed by atoms with Crippen LogP contribution in [0.5, 0.6) is 5.75 Å². The molecule has 10 heteroatoms. The van der Waals surface area contributed by atoms with Crippen molar-refractivity contribution in [2.45, 2.75) is 78.3 Å². The Bertz CT molecular complexity index is 990. The van der Waals surface area contributed by atoms with Crippen LogP contribution in [0.15, 0.2) is 36.5 Å². The zero-order valence-electron chi connectivity index (χ0n) is 24.4. The summed E-state index contributed by atoms with van der Waals surface area (Å²) < 4.78 is 10.8. The van der Waals surface area contributed by atoms with Crippen LogP contribution in [0, 0.1) is 5.92 Å². The number of morpholine rings is 1. The highest BCUT2D eigenvalue weighted by Gasteiger charge is 2.30. The van der Waals surface area contributed by atoms with E-state index in [1.807, 2.05) is 18.7 Å². The molecule has 1 saturated heterocycles. The molecule has 3 N–H and O–H groups in total. The summed E-state index contributed by atoms with van der Waals surface area (Å²) in [7, 11) is 0. The van der Waals surface area contributed by atoms with Gasteiger partial charge in [-0.3, -0.25) is 24.1 Å². The van der Waals surface area contributed by atoms with Crippen LogP contribution in [0.3, 0.4) is 0 Å². The van der Waals surface area contributed by atoms with Gasteiger partial charge in [-0.2, -0.15) is 0 Å². The van der Waals surface area contributed by atoms with E-state index < -0.39 is 18.0 Å². The van der Waals surface area contributed by atoms with Gasteiger partial charge in [0.05, 0.1) is 19.8 Å². The normalized spacial score (nSPS) is 15.8. The highest BCUT2D eigenvalue weighted by atomic mass is 16.5. The fourth-order valence-electron chi connectivity index (χ4n) is 4.29. The average molecular weight is 559 g/mol. The van der Waals surface area contributed by atoms with Crippen molar-refractivity contribution in [3.63, 3.8) is 0 Å². The van der Waals surface area contributed by atoms with Crippen molar-refractivity contribution in [3.05, 3.63) is 42.1 Å². The van der Waals surface area contributed by atoms with Gasteiger partial charge >= 0.3 is 5.97 Å². The number of hydrogen-bond acceptors (Lipinski definition) is 7. The predicted octanol–water partition coefficient (Wildman–Crippen LogP) is 2.71. The van der Waals surface area contributed by atoms with E-state index in [2.05, 4.69) is 29.5 Å². The molecule has 1 fully saturated rings. The first-order chi connectivity index (χ1) is 19.1. The molecule has 3 unspecified atom stereocenters. The topological polar surface area (TPSA) is 126 Å². The molecule has 0 aliphatic carbocycles. The van der Waals surface area contributed by atoms with Crippen molar-refractivity contribution in [2.75, 3.05) is 32.8 Å². The smallest absolute Gasteiger partial charge is 0.325 e. The molecular formula is C30H46N4O6. The molecule has 1 aromatic carbocycles. The second-order valence-electron chi connectivity index (χ2n) is 10.4. The number of carbonyl (C=O) groups is 4. The molecule has 0 spiro atoms. The minimum atomic E-state index is -0.881. The first-order valence-corrected chi connectivity index (χ1v) is 14.3. The summed E-state index contributed by atoms with van der Waals surface area (Å²) in [5.74, 6) is -1.07. The fourth-order valence-corrected chi connectivity index (χ4v) is 4.29. The number of amides is 3. The molecule has 1 aromatic rings. The van der Waals surface area contributed by atoms with Gasteiger partial charge < -0.3 is 25.4 Å². The van der Waals surface area contributed by atoms with E-state index in [1.54, 1.807) is 31.2 Å². The van der Waals surface area contributed by atoms with Crippen LogP contribution in [0.25, 0.3) is 0 Å². The molecule has 1 aliphatic heterocycles. The van der Waals surface area contributed by atoms with Crippen molar-refractivity contribution in [2.24, 2.45) is 5.92 Å². The SMILES string of the molecule is C=C(C)NC(=O)C(NC(=O)C(Cc1ccc(OC(=O)CN2CCOCC2)cc1)NC(=O)CCCCC)C(C)CC. The Kier molecular flexibility index (Phi) is 14.4. The summed E-state index contributed by atoms with van der Waals surface area (Å²) in [6.07, 6.45) is 3.84. The van der Waals surface area contributed by atoms with Gasteiger partial charge in [0.25, 0.3) is 0 Å². The highest BCUT2D eigenvalue weighted by molar-refractivity contribution is 5.92. The molecule has 10 nitrogen and oxygen atoms in total. The lowest BCUT2D eigenvalue weighted by Crippen LogP contribution is -2.56. The van der Waals surface area contributed by atoms with Crippen molar-refractivity contribution in [1.82, 2.24) is 20.9 Å². The fraction of sp³-hybridized carbons (Fsp3) is 0.600. The van der Waals surface area contributed by atoms with Crippen LogP contribution >= 0.6 is 0 Å². The van der Waals surface area contributed by atoms with Crippen LogP contribution in [0.1, 0.15) is 65.4 Å². The Hall–Kier alpha value is -3.24. The summed E-state index contributed by atoms with van der Waals surface area (Å²) in [5.41, 5.74) is 1.26. The van der Waals surface area contributed by atoms with Gasteiger partial charge in [0.1, 0.15) is 17.8 Å². The van der Waals surface area contributed by atoms with E-state index >= 15 is 0 Å². The number of nitrogens with zero attached hydrogens (tertiary/aromatic N) is 1. The predicted molar refractivity (Wildman–Crippen MR) is 153 cm³/mol. The molecule has 2 rings (SSSR count). The monoisotopic (exact) mass is 558 g/mol. The van der Waals surface area contributed by atoms with Gasteiger partial charge in [-0.15, -0.1) is 0 Å². The minimum absolute atomic E-state index is 0.129. The van der Waals surface area contributed by atoms with E-state index in [4.69, 9.17) is 9.47 Å². The van der Waals surface area contributed by atoms with E-state index in [9.17, 15) is 19.2 Å². The number of allylic oxidation sites excluding steroid dienone is 1. The number of esters is 1. The van der Waals surface area contributed by atoms with Crippen LogP contribution in [0.2, 0.25) is 0 Å². The summed E-state index contributed by atoms with van der Waals surface area (Å²) in [6.45, 7) is 14.1. The maximum Gasteiger partial charge on any atom is 0.325 e. The maximum atomic E-state index is 13.4. The number of ether oxygens (including phenoxy) is 2. The van der Waals surface area contributed by atoms with Crippen LogP contribution in [0.4, 0.5) is 0 Å². The van der Waals surface area contributed by atoms with E-state index in [0.29, 0.717) is 50.6 Å². The highest BCUT2D eigenvalue weighted by Crippen LogP contribution is 2.16. The zero-order chi connectivity index (χ0) is 29.5. The van der Waals surface area contributed by atoms with Gasteiger partial charge in [0.15, 0.2) is 0 Å². The molecule has 40 heavy (non-hydrogen) atoms. The third-order valence-corrected chi connectivity index (χ3v) is 6.84. The van der Waals surface area contributed by atoms with Gasteiger partial charge in [-0.25, -0.2) is 0 Å². The third-order valence-electron chi connectivity index (χ3n) is 6.84. The Labute approximate surface area is 238 Å². The number of carbonyl (C=O) groups excluding carboxylic acids is 4. The van der Waals surface area contributed by atoms with Crippen LogP contribution < -0.4 is 20.7 Å². The molecule has 222 valence electrons. The first kappa shape index (κ1) is 33.0. The number of hydrogen-bond donors (Lipinski definition) is 3. The standard InChI is InChI=1S/C30H46N4O6/c1-6-8-9-10-26(35)32-25(29(37)33-28(22(5)7-2)30(38)31-21(3)4)19-23-11-13-24(14-12-23)40-27(36)20-34-15-17-39-18-16-34/h11-14,22,25,28H,3,6-10,15-20H2,1-2,4-5H3,(H,31,38)(H,32,35)(H,33,37). The molecule has 1 heterocycles. The summed E-state index contributed by atoms with van der Waals surface area (Å²) in [5, 5.41) is 8.40. The quantitative estimate of drug-likeness (QED) is 0.162. The number of benzene rings is 1. The van der Waals surface area contributed by atoms with E-state index in [1.165, 1.54) is 0 Å². The molecule has 3 amide bonds. The van der Waals surface area contributed by atoms with Crippen molar-refractivity contribution in [3.8, 4) is 5.75 Å². The van der Waals surface area contributed by atoms with Gasteiger partial charge in [0, 0.05) is 31.6 Å². The Morgan fingerprint density at radius 2 is 1.70 bits per heavy atom. The molecule has 0 radical (unpaired) electrons. The van der Waals surface area contributed by atoms with Crippen molar-refractivity contribution in [1.29, 1.82) is 0 Å². The minimum Gasteiger partial charge on any atom is -0.426 e. The molecule has 0 bridgehead atoms.